The molecule has 0 fully saturated rings. The maximum atomic E-state index is 5.65. The molecule has 0 spiro atoms. The fraction of sp³-hybridized carbons (Fsp3) is 0.409. The summed E-state index contributed by atoms with van der Waals surface area (Å²) < 4.78 is 0. The number of benzene rings is 2. The first kappa shape index (κ1) is 20.2. The van der Waals surface area contributed by atoms with Gasteiger partial charge in [0.15, 0.2) is 0 Å². The van der Waals surface area contributed by atoms with Crippen molar-refractivity contribution in [1.29, 1.82) is 0 Å². The lowest BCUT2D eigenvalue weighted by Gasteiger charge is -2.38. The zero-order valence-electron chi connectivity index (χ0n) is 16.8. The number of rotatable bonds is 6. The third-order valence-corrected chi connectivity index (χ3v) is 6.08. The lowest BCUT2D eigenvalue weighted by atomic mass is 10.1. The van der Waals surface area contributed by atoms with Crippen molar-refractivity contribution in [3.63, 3.8) is 0 Å². The van der Waals surface area contributed by atoms with Gasteiger partial charge in [-0.1, -0.05) is 56.0 Å². The van der Waals surface area contributed by atoms with E-state index in [1.165, 1.54) is 21.2 Å². The maximum absolute atomic E-state index is 5.65. The molecule has 1 heterocycles. The summed E-state index contributed by atoms with van der Waals surface area (Å²) >= 11 is 7.49. The SMILES string of the molecule is CC(C)CNC(=S)c1ccc2c(c1)N(C(C)CN(C)C)c1ccccc1S2. The summed E-state index contributed by atoms with van der Waals surface area (Å²) in [7, 11) is 4.26. The van der Waals surface area contributed by atoms with E-state index in [9.17, 15) is 0 Å². The minimum Gasteiger partial charge on any atom is -0.376 e. The van der Waals surface area contributed by atoms with Crippen LogP contribution in [0, 0.1) is 5.92 Å². The lowest BCUT2D eigenvalue weighted by molar-refractivity contribution is 0.380. The largest absolute Gasteiger partial charge is 0.376 e. The van der Waals surface area contributed by atoms with Crippen LogP contribution in [0.4, 0.5) is 11.4 Å². The Morgan fingerprint density at radius 1 is 1.07 bits per heavy atom. The Labute approximate surface area is 173 Å². The number of hydrogen-bond donors (Lipinski definition) is 1. The first-order valence-corrected chi connectivity index (χ1v) is 10.7. The van der Waals surface area contributed by atoms with Crippen molar-refractivity contribution in [3.8, 4) is 0 Å². The number of fused-ring (bicyclic) bond motifs is 2. The van der Waals surface area contributed by atoms with E-state index in [1.807, 2.05) is 11.8 Å². The highest BCUT2D eigenvalue weighted by atomic mass is 32.2. The molecular formula is C22H29N3S2. The molecule has 0 aromatic heterocycles. The van der Waals surface area contributed by atoms with Crippen molar-refractivity contribution in [1.82, 2.24) is 10.2 Å². The monoisotopic (exact) mass is 399 g/mol. The van der Waals surface area contributed by atoms with Crippen molar-refractivity contribution >= 4 is 40.3 Å². The van der Waals surface area contributed by atoms with Crippen LogP contribution >= 0.6 is 24.0 Å². The third kappa shape index (κ3) is 4.65. The molecule has 3 nitrogen and oxygen atoms in total. The molecule has 0 amide bonds. The number of nitrogens with one attached hydrogen (secondary N) is 1. The van der Waals surface area contributed by atoms with Gasteiger partial charge in [0.25, 0.3) is 0 Å². The summed E-state index contributed by atoms with van der Waals surface area (Å²) in [5, 5.41) is 3.40. The number of anilines is 2. The van der Waals surface area contributed by atoms with Gasteiger partial charge in [0.05, 0.1) is 11.4 Å². The molecule has 0 aliphatic carbocycles. The van der Waals surface area contributed by atoms with Gasteiger partial charge in [0.2, 0.25) is 0 Å². The predicted molar refractivity (Wildman–Crippen MR) is 122 cm³/mol. The molecule has 0 bridgehead atoms. The Bertz CT molecular complexity index is 817. The van der Waals surface area contributed by atoms with E-state index in [4.69, 9.17) is 12.2 Å². The summed E-state index contributed by atoms with van der Waals surface area (Å²) in [4.78, 5) is 8.14. The average molecular weight is 400 g/mol. The van der Waals surface area contributed by atoms with Crippen LogP contribution in [0.2, 0.25) is 0 Å². The molecule has 2 aromatic rings. The second-order valence-corrected chi connectivity index (χ2v) is 9.33. The topological polar surface area (TPSA) is 18.5 Å². The summed E-state index contributed by atoms with van der Waals surface area (Å²) in [5.74, 6) is 0.569. The van der Waals surface area contributed by atoms with Crippen LogP contribution in [0.15, 0.2) is 52.3 Å². The second-order valence-electron chi connectivity index (χ2n) is 7.84. The molecule has 1 atom stereocenters. The van der Waals surface area contributed by atoms with E-state index in [1.54, 1.807) is 0 Å². The zero-order chi connectivity index (χ0) is 19.6. The van der Waals surface area contributed by atoms with Gasteiger partial charge in [-0.25, -0.2) is 0 Å². The number of nitrogens with zero attached hydrogens (tertiary/aromatic N) is 2. The van der Waals surface area contributed by atoms with Gasteiger partial charge in [-0.2, -0.15) is 0 Å². The number of hydrogen-bond acceptors (Lipinski definition) is 4. The molecule has 1 aliphatic heterocycles. The van der Waals surface area contributed by atoms with Gasteiger partial charge in [0, 0.05) is 34.5 Å². The molecule has 144 valence electrons. The highest BCUT2D eigenvalue weighted by molar-refractivity contribution is 7.99. The number of thiocarbonyl (C=S) groups is 1. The third-order valence-electron chi connectivity index (χ3n) is 4.57. The van der Waals surface area contributed by atoms with Crippen LogP contribution < -0.4 is 10.2 Å². The lowest BCUT2D eigenvalue weighted by Crippen LogP contribution is -2.38. The molecule has 1 unspecified atom stereocenters. The summed E-state index contributed by atoms with van der Waals surface area (Å²) in [6, 6.07) is 15.6. The van der Waals surface area contributed by atoms with E-state index in [0.29, 0.717) is 12.0 Å². The first-order chi connectivity index (χ1) is 12.9. The summed E-state index contributed by atoms with van der Waals surface area (Å²) in [5.41, 5.74) is 3.62. The van der Waals surface area contributed by atoms with Crippen LogP contribution in [0.3, 0.4) is 0 Å². The van der Waals surface area contributed by atoms with E-state index >= 15 is 0 Å². The fourth-order valence-corrected chi connectivity index (χ4v) is 4.67. The minimum atomic E-state index is 0.355. The van der Waals surface area contributed by atoms with Crippen LogP contribution in [0.5, 0.6) is 0 Å². The molecule has 0 saturated heterocycles. The van der Waals surface area contributed by atoms with E-state index in [2.05, 4.69) is 92.4 Å². The highest BCUT2D eigenvalue weighted by Gasteiger charge is 2.27. The van der Waals surface area contributed by atoms with Gasteiger partial charge < -0.3 is 15.1 Å². The Balaban J connectivity index is 1.98. The van der Waals surface area contributed by atoms with Crippen LogP contribution in [-0.2, 0) is 0 Å². The minimum absolute atomic E-state index is 0.355. The average Bonchev–Trinajstić information content (AvgIpc) is 2.62. The van der Waals surface area contributed by atoms with Gasteiger partial charge in [-0.15, -0.1) is 0 Å². The normalized spacial score (nSPS) is 14.1. The summed E-state index contributed by atoms with van der Waals surface area (Å²) in [6.07, 6.45) is 0. The fourth-order valence-electron chi connectivity index (χ4n) is 3.41. The first-order valence-electron chi connectivity index (χ1n) is 9.50. The van der Waals surface area contributed by atoms with Gasteiger partial charge in [0.1, 0.15) is 4.99 Å². The van der Waals surface area contributed by atoms with Gasteiger partial charge >= 0.3 is 0 Å². The molecule has 27 heavy (non-hydrogen) atoms. The molecule has 0 saturated carbocycles. The van der Waals surface area contributed by atoms with Crippen LogP contribution in [0.1, 0.15) is 26.3 Å². The number of para-hydroxylation sites is 1. The Kier molecular flexibility index (Phi) is 6.45. The van der Waals surface area contributed by atoms with Crippen molar-refractivity contribution < 1.29 is 0 Å². The number of likely N-dealkylation sites (N-methyl/N-ethyl adjacent to an activating group) is 1. The molecule has 1 aliphatic rings. The van der Waals surface area contributed by atoms with Crippen molar-refractivity contribution in [2.45, 2.75) is 36.6 Å². The Morgan fingerprint density at radius 2 is 1.78 bits per heavy atom. The van der Waals surface area contributed by atoms with Gasteiger partial charge in [-0.3, -0.25) is 0 Å². The Hall–Kier alpha value is -1.56. The van der Waals surface area contributed by atoms with Crippen molar-refractivity contribution in [2.75, 3.05) is 32.1 Å². The van der Waals surface area contributed by atoms with Crippen LogP contribution in [0.25, 0.3) is 0 Å². The smallest absolute Gasteiger partial charge is 0.106 e. The quantitative estimate of drug-likeness (QED) is 0.674. The van der Waals surface area contributed by atoms with Crippen molar-refractivity contribution in [3.05, 3.63) is 48.0 Å². The highest BCUT2D eigenvalue weighted by Crippen LogP contribution is 2.49. The van der Waals surface area contributed by atoms with Crippen LogP contribution in [-0.4, -0.2) is 43.1 Å². The second kappa shape index (κ2) is 8.63. The van der Waals surface area contributed by atoms with Gasteiger partial charge in [-0.05, 0) is 51.2 Å². The zero-order valence-corrected chi connectivity index (χ0v) is 18.5. The molecule has 1 N–H and O–H groups in total. The molecule has 3 rings (SSSR count). The Morgan fingerprint density at radius 3 is 2.48 bits per heavy atom. The molecule has 2 aromatic carbocycles. The van der Waals surface area contributed by atoms with E-state index in [0.717, 1.165) is 23.6 Å². The maximum Gasteiger partial charge on any atom is 0.106 e. The van der Waals surface area contributed by atoms with E-state index in [-0.39, 0.29) is 0 Å². The standard InChI is InChI=1S/C22H29N3S2/c1-15(2)13-23-22(26)17-10-11-21-19(12-17)25(16(3)14-24(4)5)18-8-6-7-9-20(18)27-21/h6-12,15-16H,13-14H2,1-5H3,(H,23,26). The molecular weight excluding hydrogens is 370 g/mol. The van der Waals surface area contributed by atoms with Crippen molar-refractivity contribution in [2.24, 2.45) is 5.92 Å². The predicted octanol–water partition coefficient (Wildman–Crippen LogP) is 5.16. The van der Waals surface area contributed by atoms with E-state index < -0.39 is 0 Å². The molecule has 5 heteroatoms. The summed E-state index contributed by atoms with van der Waals surface area (Å²) in [6.45, 7) is 8.56. The molecule has 0 radical (unpaired) electrons.